The Kier molecular flexibility index (Phi) is 5.84. The molecule has 0 amide bonds. The normalized spacial score (nSPS) is 14.5. The molecule has 3 N–H and O–H groups in total. The number of benzene rings is 2. The van der Waals surface area contributed by atoms with Gasteiger partial charge in [0.05, 0.1) is 5.69 Å². The maximum atomic E-state index is 6.35. The largest absolute Gasteiger partial charge is 0.383 e. The average Bonchev–Trinajstić information content (AvgIpc) is 2.84. The van der Waals surface area contributed by atoms with E-state index in [0.29, 0.717) is 5.82 Å². The summed E-state index contributed by atoms with van der Waals surface area (Å²) in [4.78, 5) is 14.3. The second-order valence-electron chi connectivity index (χ2n) is 9.23. The molecule has 0 unspecified atom stereocenters. The van der Waals surface area contributed by atoms with Crippen LogP contribution >= 0.6 is 0 Å². The maximum absolute atomic E-state index is 6.35. The first-order valence-electron chi connectivity index (χ1n) is 11.8. The number of rotatable bonds is 4. The Morgan fingerprint density at radius 2 is 1.62 bits per heavy atom. The third-order valence-corrected chi connectivity index (χ3v) is 6.82. The maximum Gasteiger partial charge on any atom is 0.134 e. The molecule has 0 bridgehead atoms. The van der Waals surface area contributed by atoms with Gasteiger partial charge < -0.3 is 20.9 Å². The molecule has 1 saturated heterocycles. The summed E-state index contributed by atoms with van der Waals surface area (Å²) < 4.78 is 0. The molecule has 174 valence electrons. The Hall–Kier alpha value is -3.64. The van der Waals surface area contributed by atoms with E-state index in [0.717, 1.165) is 65.2 Å². The van der Waals surface area contributed by atoms with Crippen LogP contribution in [-0.4, -0.2) is 55.1 Å². The van der Waals surface area contributed by atoms with Gasteiger partial charge in [-0.15, -0.1) is 0 Å². The number of anilines is 3. The lowest BCUT2D eigenvalue weighted by Crippen LogP contribution is -2.45. The lowest BCUT2D eigenvalue weighted by atomic mass is 9.97. The fourth-order valence-corrected chi connectivity index (χ4v) is 5.02. The number of nitrogens with two attached hydrogens (primary N) is 1. The molecule has 1 aliphatic heterocycles. The molecule has 0 saturated carbocycles. The van der Waals surface area contributed by atoms with Crippen molar-refractivity contribution in [2.45, 2.75) is 13.8 Å². The number of nitrogen functional groups attached to an aromatic ring is 1. The van der Waals surface area contributed by atoms with Gasteiger partial charge in [0.25, 0.3) is 0 Å². The van der Waals surface area contributed by atoms with Crippen molar-refractivity contribution in [3.8, 4) is 22.4 Å². The molecule has 2 aromatic carbocycles. The minimum Gasteiger partial charge on any atom is -0.383 e. The van der Waals surface area contributed by atoms with Crippen molar-refractivity contribution in [3.63, 3.8) is 0 Å². The molecule has 0 spiro atoms. The van der Waals surface area contributed by atoms with Gasteiger partial charge in [0.2, 0.25) is 0 Å². The Morgan fingerprint density at radius 1 is 0.912 bits per heavy atom. The van der Waals surface area contributed by atoms with Crippen molar-refractivity contribution in [1.29, 1.82) is 0 Å². The molecule has 2 aromatic heterocycles. The zero-order chi connectivity index (χ0) is 23.8. The van der Waals surface area contributed by atoms with E-state index >= 15 is 0 Å². The van der Waals surface area contributed by atoms with Crippen LogP contribution in [0.15, 0.2) is 54.7 Å². The van der Waals surface area contributed by atoms with Crippen molar-refractivity contribution < 1.29 is 0 Å². The fraction of sp³-hybridized carbons (Fsp3) is 0.286. The predicted molar refractivity (Wildman–Crippen MR) is 144 cm³/mol. The van der Waals surface area contributed by atoms with Crippen LogP contribution in [0.3, 0.4) is 0 Å². The number of fused-ring (bicyclic) bond motifs is 1. The van der Waals surface area contributed by atoms with Crippen molar-refractivity contribution >= 4 is 28.1 Å². The number of nitrogens with one attached hydrogen (secondary N) is 1. The zero-order valence-corrected chi connectivity index (χ0v) is 20.4. The van der Waals surface area contributed by atoms with E-state index in [-0.39, 0.29) is 0 Å². The minimum absolute atomic E-state index is 0.482. The van der Waals surface area contributed by atoms with E-state index in [2.05, 4.69) is 77.4 Å². The van der Waals surface area contributed by atoms with Gasteiger partial charge in [-0.25, -0.2) is 9.97 Å². The van der Waals surface area contributed by atoms with Gasteiger partial charge in [0.15, 0.2) is 0 Å². The lowest BCUT2D eigenvalue weighted by Gasteiger charge is -2.36. The summed E-state index contributed by atoms with van der Waals surface area (Å²) in [6.45, 7) is 8.73. The van der Waals surface area contributed by atoms with E-state index < -0.39 is 0 Å². The molecule has 0 atom stereocenters. The second-order valence-corrected chi connectivity index (χ2v) is 9.23. The zero-order valence-electron chi connectivity index (χ0n) is 20.4. The van der Waals surface area contributed by atoms with Crippen LogP contribution in [0.1, 0.15) is 11.1 Å². The number of hydrogen-bond acceptors (Lipinski definition) is 6. The van der Waals surface area contributed by atoms with Crippen LogP contribution in [-0.2, 0) is 0 Å². The van der Waals surface area contributed by atoms with E-state index in [4.69, 9.17) is 10.7 Å². The molecule has 0 aliphatic carbocycles. The van der Waals surface area contributed by atoms with Crippen LogP contribution in [0.4, 0.5) is 17.3 Å². The number of aryl methyl sites for hydroxylation is 2. The van der Waals surface area contributed by atoms with Gasteiger partial charge >= 0.3 is 0 Å². The number of piperazine rings is 1. The van der Waals surface area contributed by atoms with Gasteiger partial charge in [-0.1, -0.05) is 24.3 Å². The topological polar surface area (TPSA) is 70.3 Å². The molecule has 3 heterocycles. The average molecular weight is 453 g/mol. The Labute approximate surface area is 201 Å². The smallest absolute Gasteiger partial charge is 0.134 e. The van der Waals surface area contributed by atoms with E-state index in [9.17, 15) is 0 Å². The van der Waals surface area contributed by atoms with E-state index in [1.807, 2.05) is 25.4 Å². The fourth-order valence-electron chi connectivity index (χ4n) is 5.02. The summed E-state index contributed by atoms with van der Waals surface area (Å²) in [6.07, 6.45) is 1.86. The third kappa shape index (κ3) is 4.05. The van der Waals surface area contributed by atoms with Gasteiger partial charge in [-0.05, 0) is 67.2 Å². The van der Waals surface area contributed by atoms with Gasteiger partial charge in [-0.3, -0.25) is 0 Å². The SMILES string of the molecule is CNc1nc(-c2cc(-c3cc(C)c(N4CCN(C)CC4)c(C)c3)cnc2N)cc2ccccc12. The van der Waals surface area contributed by atoms with Gasteiger partial charge in [0, 0.05) is 61.6 Å². The number of nitrogens with zero attached hydrogens (tertiary/aromatic N) is 4. The molecular formula is C28H32N6. The molecule has 34 heavy (non-hydrogen) atoms. The van der Waals surface area contributed by atoms with Crippen LogP contribution < -0.4 is 16.0 Å². The third-order valence-electron chi connectivity index (χ3n) is 6.82. The van der Waals surface area contributed by atoms with Crippen molar-refractivity contribution in [1.82, 2.24) is 14.9 Å². The highest BCUT2D eigenvalue weighted by molar-refractivity contribution is 5.95. The highest BCUT2D eigenvalue weighted by atomic mass is 15.2. The summed E-state index contributed by atoms with van der Waals surface area (Å²) in [5.74, 6) is 1.32. The standard InChI is InChI=1S/C28H32N6/c1-18-13-21(14-19(2)26(18)34-11-9-33(4)10-12-34)22-15-24(27(29)31-17-22)25-16-20-7-5-6-8-23(20)28(30-3)32-25/h5-8,13-17H,9-12H2,1-4H3,(H2,29,31)(H,30,32). The number of pyridine rings is 2. The number of hydrogen-bond donors (Lipinski definition) is 2. The summed E-state index contributed by atoms with van der Waals surface area (Å²) in [5.41, 5.74) is 14.1. The molecule has 5 rings (SSSR count). The quantitative estimate of drug-likeness (QED) is 0.456. The van der Waals surface area contributed by atoms with Crippen LogP contribution in [0, 0.1) is 13.8 Å². The van der Waals surface area contributed by atoms with Crippen molar-refractivity contribution in [2.75, 3.05) is 56.2 Å². The number of aromatic nitrogens is 2. The van der Waals surface area contributed by atoms with E-state index in [1.165, 1.54) is 16.8 Å². The molecular weight excluding hydrogens is 420 g/mol. The highest BCUT2D eigenvalue weighted by Gasteiger charge is 2.19. The first-order valence-corrected chi connectivity index (χ1v) is 11.8. The second kappa shape index (κ2) is 8.95. The Morgan fingerprint density at radius 3 is 2.32 bits per heavy atom. The highest BCUT2D eigenvalue weighted by Crippen LogP contribution is 2.35. The molecule has 1 aliphatic rings. The summed E-state index contributed by atoms with van der Waals surface area (Å²) in [6, 6.07) is 17.0. The van der Waals surface area contributed by atoms with Crippen molar-refractivity contribution in [3.05, 3.63) is 65.9 Å². The molecule has 0 radical (unpaired) electrons. The molecule has 6 heteroatoms. The summed E-state index contributed by atoms with van der Waals surface area (Å²) in [7, 11) is 4.08. The molecule has 6 nitrogen and oxygen atoms in total. The van der Waals surface area contributed by atoms with Crippen molar-refractivity contribution in [2.24, 2.45) is 0 Å². The van der Waals surface area contributed by atoms with Gasteiger partial charge in [0.1, 0.15) is 11.6 Å². The summed E-state index contributed by atoms with van der Waals surface area (Å²) >= 11 is 0. The van der Waals surface area contributed by atoms with Crippen LogP contribution in [0.2, 0.25) is 0 Å². The summed E-state index contributed by atoms with van der Waals surface area (Å²) in [5, 5.41) is 5.42. The lowest BCUT2D eigenvalue weighted by molar-refractivity contribution is 0.312. The number of likely N-dealkylation sites (N-methyl/N-ethyl adjacent to an activating group) is 1. The minimum atomic E-state index is 0.482. The van der Waals surface area contributed by atoms with Crippen LogP contribution in [0.25, 0.3) is 33.2 Å². The Bertz CT molecular complexity index is 1330. The first kappa shape index (κ1) is 22.2. The molecule has 1 fully saturated rings. The van der Waals surface area contributed by atoms with Crippen LogP contribution in [0.5, 0.6) is 0 Å². The first-order chi connectivity index (χ1) is 16.4. The molecule has 4 aromatic rings. The van der Waals surface area contributed by atoms with E-state index in [1.54, 1.807) is 0 Å². The monoisotopic (exact) mass is 452 g/mol. The van der Waals surface area contributed by atoms with Gasteiger partial charge in [-0.2, -0.15) is 0 Å². The predicted octanol–water partition coefficient (Wildman–Crippen LogP) is 4.96. The Balaban J connectivity index is 1.55.